The van der Waals surface area contributed by atoms with Crippen molar-refractivity contribution in [1.29, 1.82) is 0 Å². The van der Waals surface area contributed by atoms with Crippen LogP contribution in [-0.2, 0) is 10.0 Å². The number of nitrogens with two attached hydrogens (primary N) is 1. The summed E-state index contributed by atoms with van der Waals surface area (Å²) in [6.07, 6.45) is 0. The van der Waals surface area contributed by atoms with Gasteiger partial charge in [0.2, 0.25) is 10.0 Å². The fourth-order valence-corrected chi connectivity index (χ4v) is 3.16. The highest BCUT2D eigenvalue weighted by Gasteiger charge is 2.26. The molecule has 0 atom stereocenters. The molecule has 0 amide bonds. The summed E-state index contributed by atoms with van der Waals surface area (Å²) in [4.78, 5) is 10.1. The van der Waals surface area contributed by atoms with Crippen LogP contribution in [0.5, 0.6) is 0 Å². The Morgan fingerprint density at radius 1 is 1.40 bits per heavy atom. The van der Waals surface area contributed by atoms with Crippen molar-refractivity contribution in [2.75, 3.05) is 6.54 Å². The largest absolute Gasteiger partial charge is 0.329 e. The number of benzene rings is 1. The van der Waals surface area contributed by atoms with Crippen LogP contribution in [-0.4, -0.2) is 25.4 Å². The maximum absolute atomic E-state index is 12.2. The average molecular weight is 324 g/mol. The number of hydrogen-bond donors (Lipinski definition) is 2. The van der Waals surface area contributed by atoms with E-state index >= 15 is 0 Å². The number of nitro groups is 1. The Balaban J connectivity index is 0.00000361. The van der Waals surface area contributed by atoms with Gasteiger partial charge in [0.05, 0.1) is 9.82 Å². The van der Waals surface area contributed by atoms with Gasteiger partial charge in [-0.15, -0.1) is 12.4 Å². The summed E-state index contributed by atoms with van der Waals surface area (Å²) >= 11 is 0. The zero-order valence-corrected chi connectivity index (χ0v) is 13.0. The van der Waals surface area contributed by atoms with Gasteiger partial charge in [0, 0.05) is 24.2 Å². The Hall–Kier alpha value is -1.22. The minimum atomic E-state index is -3.76. The van der Waals surface area contributed by atoms with E-state index in [1.54, 1.807) is 13.8 Å². The maximum Gasteiger partial charge on any atom is 0.269 e. The second-order valence-electron chi connectivity index (χ2n) is 4.90. The van der Waals surface area contributed by atoms with Crippen LogP contribution >= 0.6 is 12.4 Å². The van der Waals surface area contributed by atoms with E-state index < -0.39 is 20.5 Å². The van der Waals surface area contributed by atoms with E-state index in [-0.39, 0.29) is 29.5 Å². The molecule has 114 valence electrons. The van der Waals surface area contributed by atoms with Gasteiger partial charge in [0.1, 0.15) is 0 Å². The number of halogens is 1. The number of rotatable bonds is 5. The second kappa shape index (κ2) is 6.49. The zero-order valence-electron chi connectivity index (χ0n) is 11.4. The lowest BCUT2D eigenvalue weighted by Crippen LogP contribution is -2.48. The van der Waals surface area contributed by atoms with Crippen LogP contribution in [0.2, 0.25) is 0 Å². The molecule has 0 aliphatic carbocycles. The summed E-state index contributed by atoms with van der Waals surface area (Å²) in [7, 11) is -3.76. The number of nitrogens with one attached hydrogen (secondary N) is 1. The Morgan fingerprint density at radius 3 is 2.35 bits per heavy atom. The topological polar surface area (TPSA) is 115 Å². The number of nitro benzene ring substituents is 1. The predicted octanol–water partition coefficient (Wildman–Crippen LogP) is 1.34. The predicted molar refractivity (Wildman–Crippen MR) is 78.5 cm³/mol. The van der Waals surface area contributed by atoms with Gasteiger partial charge in [-0.25, -0.2) is 13.1 Å². The standard InChI is InChI=1S/C11H17N3O4S.ClH/c1-8-6-9(14(15)16)4-5-10(8)19(17,18)13-11(2,3)7-12;/h4-6,13H,7,12H2,1-3H3;1H. The molecule has 7 nitrogen and oxygen atoms in total. The number of non-ortho nitro benzene ring substituents is 1. The molecule has 0 bridgehead atoms. The van der Waals surface area contributed by atoms with Gasteiger partial charge in [-0.1, -0.05) is 0 Å². The van der Waals surface area contributed by atoms with E-state index in [9.17, 15) is 18.5 Å². The molecule has 0 fully saturated rings. The maximum atomic E-state index is 12.2. The molecule has 9 heteroatoms. The number of hydrogen-bond acceptors (Lipinski definition) is 5. The van der Waals surface area contributed by atoms with Gasteiger partial charge < -0.3 is 5.73 Å². The minimum absolute atomic E-state index is 0. The van der Waals surface area contributed by atoms with Crippen molar-refractivity contribution in [3.05, 3.63) is 33.9 Å². The van der Waals surface area contributed by atoms with Crippen LogP contribution < -0.4 is 10.5 Å². The number of aryl methyl sites for hydroxylation is 1. The van der Waals surface area contributed by atoms with Crippen molar-refractivity contribution in [2.24, 2.45) is 5.73 Å². The van der Waals surface area contributed by atoms with Gasteiger partial charge in [-0.3, -0.25) is 10.1 Å². The van der Waals surface area contributed by atoms with Crippen molar-refractivity contribution < 1.29 is 13.3 Å². The van der Waals surface area contributed by atoms with E-state index in [0.29, 0.717) is 5.56 Å². The summed E-state index contributed by atoms with van der Waals surface area (Å²) in [6.45, 7) is 4.96. The number of nitrogens with zero attached hydrogens (tertiary/aromatic N) is 1. The monoisotopic (exact) mass is 323 g/mol. The third kappa shape index (κ3) is 4.41. The lowest BCUT2D eigenvalue weighted by atomic mass is 10.1. The van der Waals surface area contributed by atoms with Gasteiger partial charge >= 0.3 is 0 Å². The highest BCUT2D eigenvalue weighted by molar-refractivity contribution is 7.89. The average Bonchev–Trinajstić information content (AvgIpc) is 2.27. The third-order valence-corrected chi connectivity index (χ3v) is 4.44. The first-order valence-electron chi connectivity index (χ1n) is 5.58. The minimum Gasteiger partial charge on any atom is -0.329 e. The van der Waals surface area contributed by atoms with Crippen molar-refractivity contribution in [1.82, 2.24) is 4.72 Å². The van der Waals surface area contributed by atoms with Crippen molar-refractivity contribution >= 4 is 28.1 Å². The molecule has 0 aromatic heterocycles. The van der Waals surface area contributed by atoms with Gasteiger partial charge in [0.25, 0.3) is 5.69 Å². The number of sulfonamides is 1. The third-order valence-electron chi connectivity index (χ3n) is 2.58. The Morgan fingerprint density at radius 2 is 1.95 bits per heavy atom. The molecular formula is C11H18ClN3O4S. The fourth-order valence-electron chi connectivity index (χ4n) is 1.51. The summed E-state index contributed by atoms with van der Waals surface area (Å²) in [5, 5.41) is 10.6. The highest BCUT2D eigenvalue weighted by Crippen LogP contribution is 2.22. The Labute approximate surface area is 124 Å². The quantitative estimate of drug-likeness (QED) is 0.626. The summed E-state index contributed by atoms with van der Waals surface area (Å²) in [6, 6.07) is 3.61. The molecule has 0 saturated carbocycles. The molecule has 1 aromatic rings. The van der Waals surface area contributed by atoms with Crippen LogP contribution in [0.15, 0.2) is 23.1 Å². The molecule has 3 N–H and O–H groups in total. The zero-order chi connectivity index (χ0) is 14.8. The van der Waals surface area contributed by atoms with Gasteiger partial charge in [-0.2, -0.15) is 0 Å². The van der Waals surface area contributed by atoms with Crippen LogP contribution in [0, 0.1) is 17.0 Å². The molecule has 0 radical (unpaired) electrons. The molecule has 20 heavy (non-hydrogen) atoms. The van der Waals surface area contributed by atoms with E-state index in [0.717, 1.165) is 6.07 Å². The molecule has 1 rings (SSSR count). The first-order valence-corrected chi connectivity index (χ1v) is 7.06. The van der Waals surface area contributed by atoms with Crippen LogP contribution in [0.3, 0.4) is 0 Å². The van der Waals surface area contributed by atoms with E-state index in [1.165, 1.54) is 19.1 Å². The molecule has 1 aromatic carbocycles. The van der Waals surface area contributed by atoms with Crippen LogP contribution in [0.25, 0.3) is 0 Å². The van der Waals surface area contributed by atoms with Crippen LogP contribution in [0.1, 0.15) is 19.4 Å². The lowest BCUT2D eigenvalue weighted by Gasteiger charge is -2.24. The van der Waals surface area contributed by atoms with Gasteiger partial charge in [-0.05, 0) is 32.4 Å². The van der Waals surface area contributed by atoms with Gasteiger partial charge in [0.15, 0.2) is 0 Å². The Bertz CT molecular complexity index is 602. The lowest BCUT2D eigenvalue weighted by molar-refractivity contribution is -0.385. The van der Waals surface area contributed by atoms with E-state index in [4.69, 9.17) is 5.73 Å². The summed E-state index contributed by atoms with van der Waals surface area (Å²) in [5.74, 6) is 0. The first kappa shape index (κ1) is 18.8. The van der Waals surface area contributed by atoms with Crippen molar-refractivity contribution in [2.45, 2.75) is 31.2 Å². The summed E-state index contributed by atoms with van der Waals surface area (Å²) in [5.41, 5.74) is 4.86. The second-order valence-corrected chi connectivity index (χ2v) is 6.55. The van der Waals surface area contributed by atoms with Crippen molar-refractivity contribution in [3.63, 3.8) is 0 Å². The van der Waals surface area contributed by atoms with Crippen molar-refractivity contribution in [3.8, 4) is 0 Å². The molecule has 0 spiro atoms. The van der Waals surface area contributed by atoms with E-state index in [2.05, 4.69) is 4.72 Å². The highest BCUT2D eigenvalue weighted by atomic mass is 35.5. The molecule has 0 aliphatic rings. The first-order chi connectivity index (χ1) is 8.59. The fraction of sp³-hybridized carbons (Fsp3) is 0.455. The SMILES string of the molecule is Cc1cc([N+](=O)[O-])ccc1S(=O)(=O)NC(C)(C)CN.Cl. The molecule has 0 saturated heterocycles. The summed E-state index contributed by atoms with van der Waals surface area (Å²) < 4.78 is 26.8. The molecule has 0 aliphatic heterocycles. The van der Waals surface area contributed by atoms with E-state index in [1.807, 2.05) is 0 Å². The molecule has 0 unspecified atom stereocenters. The van der Waals surface area contributed by atoms with Crippen LogP contribution in [0.4, 0.5) is 5.69 Å². The molecule has 0 heterocycles. The molecular weight excluding hydrogens is 306 g/mol. The smallest absolute Gasteiger partial charge is 0.269 e. The Kier molecular flexibility index (Phi) is 6.09. The normalized spacial score (nSPS) is 11.8.